The number of amides is 1. The van der Waals surface area contributed by atoms with Crippen LogP contribution in [0.5, 0.6) is 0 Å². The maximum absolute atomic E-state index is 12.3. The fourth-order valence-corrected chi connectivity index (χ4v) is 3.59. The van der Waals surface area contributed by atoms with E-state index in [9.17, 15) is 4.79 Å². The molecule has 6 nitrogen and oxygen atoms in total. The number of aromatic nitrogens is 2. The topological polar surface area (TPSA) is 61.4 Å². The predicted molar refractivity (Wildman–Crippen MR) is 89.3 cm³/mol. The molecule has 3 heterocycles. The van der Waals surface area contributed by atoms with E-state index in [0.717, 1.165) is 31.6 Å². The van der Waals surface area contributed by atoms with Crippen molar-refractivity contribution in [2.45, 2.75) is 44.7 Å². The zero-order valence-electron chi connectivity index (χ0n) is 14.2. The molecular weight excluding hydrogens is 290 g/mol. The smallest absolute Gasteiger partial charge is 0.271 e. The van der Waals surface area contributed by atoms with Crippen molar-refractivity contribution in [3.63, 3.8) is 0 Å². The third-order valence-electron chi connectivity index (χ3n) is 5.01. The van der Waals surface area contributed by atoms with Crippen LogP contribution in [-0.2, 0) is 0 Å². The molecule has 1 aromatic heterocycles. The molecule has 6 heteroatoms. The van der Waals surface area contributed by atoms with Crippen LogP contribution in [0.2, 0.25) is 0 Å². The molecule has 2 saturated heterocycles. The highest BCUT2D eigenvalue weighted by Crippen LogP contribution is 2.20. The predicted octanol–water partition coefficient (Wildman–Crippen LogP) is 1.07. The van der Waals surface area contributed by atoms with Gasteiger partial charge in [0.05, 0.1) is 11.9 Å². The van der Waals surface area contributed by atoms with Gasteiger partial charge in [-0.2, -0.15) is 0 Å². The van der Waals surface area contributed by atoms with Crippen molar-refractivity contribution in [1.29, 1.82) is 0 Å². The SMILES string of the molecule is Cc1cnc(C(=O)N[C@@H]2CCCN(C3CCN(C)CC3)C2)cn1. The van der Waals surface area contributed by atoms with Gasteiger partial charge in [-0.15, -0.1) is 0 Å². The molecular formula is C17H27N5O. The summed E-state index contributed by atoms with van der Waals surface area (Å²) in [7, 11) is 2.19. The molecule has 0 aromatic carbocycles. The molecule has 0 spiro atoms. The quantitative estimate of drug-likeness (QED) is 0.904. The molecule has 1 N–H and O–H groups in total. The molecule has 0 saturated carbocycles. The van der Waals surface area contributed by atoms with Crippen molar-refractivity contribution >= 4 is 5.91 Å². The number of aryl methyl sites for hydroxylation is 1. The van der Waals surface area contributed by atoms with Gasteiger partial charge in [0.15, 0.2) is 0 Å². The summed E-state index contributed by atoms with van der Waals surface area (Å²) in [6.45, 7) is 6.34. The maximum atomic E-state index is 12.3. The minimum absolute atomic E-state index is 0.104. The van der Waals surface area contributed by atoms with E-state index in [-0.39, 0.29) is 11.9 Å². The van der Waals surface area contributed by atoms with Gasteiger partial charge in [0.25, 0.3) is 5.91 Å². The van der Waals surface area contributed by atoms with Crippen LogP contribution < -0.4 is 5.32 Å². The second kappa shape index (κ2) is 7.36. The summed E-state index contributed by atoms with van der Waals surface area (Å²) < 4.78 is 0. The third-order valence-corrected chi connectivity index (χ3v) is 5.01. The number of carbonyl (C=O) groups is 1. The molecule has 126 valence electrons. The standard InChI is InChI=1S/C17H27N5O/c1-13-10-19-16(11-18-13)17(23)20-14-4-3-7-22(12-14)15-5-8-21(2)9-6-15/h10-11,14-15H,3-9,12H2,1-2H3,(H,20,23)/t14-/m1/s1. The van der Waals surface area contributed by atoms with Crippen LogP contribution in [0.3, 0.4) is 0 Å². The maximum Gasteiger partial charge on any atom is 0.271 e. The lowest BCUT2D eigenvalue weighted by atomic mass is 9.98. The minimum atomic E-state index is -0.104. The summed E-state index contributed by atoms with van der Waals surface area (Å²) in [4.78, 5) is 25.6. The Bertz CT molecular complexity index is 524. The van der Waals surface area contributed by atoms with E-state index in [4.69, 9.17) is 0 Å². The van der Waals surface area contributed by atoms with Gasteiger partial charge in [-0.05, 0) is 59.3 Å². The van der Waals surface area contributed by atoms with Gasteiger partial charge in [-0.1, -0.05) is 0 Å². The number of carbonyl (C=O) groups excluding carboxylic acids is 1. The Kier molecular flexibility index (Phi) is 5.23. The second-order valence-corrected chi connectivity index (χ2v) is 6.89. The van der Waals surface area contributed by atoms with E-state index in [1.54, 1.807) is 12.4 Å². The van der Waals surface area contributed by atoms with Crippen molar-refractivity contribution in [3.05, 3.63) is 23.8 Å². The van der Waals surface area contributed by atoms with Crippen LogP contribution in [0, 0.1) is 6.92 Å². The van der Waals surface area contributed by atoms with Crippen molar-refractivity contribution in [2.75, 3.05) is 33.2 Å². The van der Waals surface area contributed by atoms with E-state index in [1.807, 2.05) is 6.92 Å². The van der Waals surface area contributed by atoms with Crippen LogP contribution >= 0.6 is 0 Å². The Morgan fingerprint density at radius 1 is 1.17 bits per heavy atom. The van der Waals surface area contributed by atoms with Crippen LogP contribution in [-0.4, -0.2) is 71.0 Å². The fraction of sp³-hybridized carbons (Fsp3) is 0.706. The van der Waals surface area contributed by atoms with Gasteiger partial charge in [-0.25, -0.2) is 4.98 Å². The number of nitrogens with one attached hydrogen (secondary N) is 1. The number of hydrogen-bond acceptors (Lipinski definition) is 5. The van der Waals surface area contributed by atoms with Crippen molar-refractivity contribution in [3.8, 4) is 0 Å². The fourth-order valence-electron chi connectivity index (χ4n) is 3.59. The van der Waals surface area contributed by atoms with Crippen molar-refractivity contribution in [2.24, 2.45) is 0 Å². The second-order valence-electron chi connectivity index (χ2n) is 6.89. The van der Waals surface area contributed by atoms with E-state index in [0.29, 0.717) is 11.7 Å². The molecule has 2 fully saturated rings. The molecule has 2 aliphatic heterocycles. The highest BCUT2D eigenvalue weighted by Gasteiger charge is 2.28. The van der Waals surface area contributed by atoms with Crippen molar-refractivity contribution in [1.82, 2.24) is 25.1 Å². The minimum Gasteiger partial charge on any atom is -0.347 e. The largest absolute Gasteiger partial charge is 0.347 e. The molecule has 0 unspecified atom stereocenters. The first-order valence-electron chi connectivity index (χ1n) is 8.64. The highest BCUT2D eigenvalue weighted by atomic mass is 16.2. The number of piperidine rings is 2. The lowest BCUT2D eigenvalue weighted by Gasteiger charge is -2.41. The molecule has 0 radical (unpaired) electrons. The Morgan fingerprint density at radius 3 is 2.65 bits per heavy atom. The molecule has 3 rings (SSSR count). The molecule has 1 atom stereocenters. The van der Waals surface area contributed by atoms with Crippen LogP contribution in [0.4, 0.5) is 0 Å². The Hall–Kier alpha value is -1.53. The average molecular weight is 317 g/mol. The summed E-state index contributed by atoms with van der Waals surface area (Å²) in [6, 6.07) is 0.893. The van der Waals surface area contributed by atoms with Crippen LogP contribution in [0.1, 0.15) is 41.9 Å². The first kappa shape index (κ1) is 16.3. The molecule has 0 bridgehead atoms. The first-order chi connectivity index (χ1) is 11.1. The van der Waals surface area contributed by atoms with Gasteiger partial charge in [0.2, 0.25) is 0 Å². The zero-order valence-corrected chi connectivity index (χ0v) is 14.2. The number of hydrogen-bond donors (Lipinski definition) is 1. The average Bonchev–Trinajstić information content (AvgIpc) is 2.56. The summed E-state index contributed by atoms with van der Waals surface area (Å²) in [5.41, 5.74) is 1.24. The summed E-state index contributed by atoms with van der Waals surface area (Å²) in [5, 5.41) is 3.14. The number of nitrogens with zero attached hydrogens (tertiary/aromatic N) is 4. The molecule has 1 aromatic rings. The monoisotopic (exact) mass is 317 g/mol. The van der Waals surface area contributed by atoms with E-state index in [1.165, 1.54) is 25.9 Å². The lowest BCUT2D eigenvalue weighted by molar-refractivity contribution is 0.0763. The normalized spacial score (nSPS) is 24.5. The Morgan fingerprint density at radius 2 is 1.96 bits per heavy atom. The third kappa shape index (κ3) is 4.26. The van der Waals surface area contributed by atoms with Crippen molar-refractivity contribution < 1.29 is 4.79 Å². The van der Waals surface area contributed by atoms with Gasteiger partial charge in [0, 0.05) is 24.8 Å². The lowest BCUT2D eigenvalue weighted by Crippen LogP contribution is -2.53. The number of likely N-dealkylation sites (tertiary alicyclic amines) is 2. The molecule has 23 heavy (non-hydrogen) atoms. The summed E-state index contributed by atoms with van der Waals surface area (Å²) in [6.07, 6.45) is 7.87. The van der Waals surface area contributed by atoms with Crippen LogP contribution in [0.15, 0.2) is 12.4 Å². The Balaban J connectivity index is 1.54. The van der Waals surface area contributed by atoms with Gasteiger partial charge < -0.3 is 10.2 Å². The van der Waals surface area contributed by atoms with Crippen LogP contribution in [0.25, 0.3) is 0 Å². The first-order valence-corrected chi connectivity index (χ1v) is 8.64. The number of rotatable bonds is 3. The molecule has 1 amide bonds. The van der Waals surface area contributed by atoms with Gasteiger partial charge in [0.1, 0.15) is 5.69 Å². The Labute approximate surface area is 138 Å². The summed E-state index contributed by atoms with van der Waals surface area (Å²) in [5.74, 6) is -0.104. The molecule has 0 aliphatic carbocycles. The van der Waals surface area contributed by atoms with E-state index < -0.39 is 0 Å². The zero-order chi connectivity index (χ0) is 16.2. The highest BCUT2D eigenvalue weighted by molar-refractivity contribution is 5.92. The van der Waals surface area contributed by atoms with Gasteiger partial charge in [-0.3, -0.25) is 14.7 Å². The van der Waals surface area contributed by atoms with E-state index in [2.05, 4.69) is 32.1 Å². The van der Waals surface area contributed by atoms with E-state index >= 15 is 0 Å². The van der Waals surface area contributed by atoms with Gasteiger partial charge >= 0.3 is 0 Å². The summed E-state index contributed by atoms with van der Waals surface area (Å²) >= 11 is 0. The molecule has 2 aliphatic rings.